The van der Waals surface area contributed by atoms with Gasteiger partial charge in [0.25, 0.3) is 0 Å². The van der Waals surface area contributed by atoms with E-state index in [4.69, 9.17) is 18.9 Å². The number of carbonyl (C=O) groups is 1. The summed E-state index contributed by atoms with van der Waals surface area (Å²) in [5, 5.41) is 0. The van der Waals surface area contributed by atoms with Gasteiger partial charge in [0.15, 0.2) is 0 Å². The second kappa shape index (κ2) is 11.0. The standard InChI is InChI=1S/C21H25NO5/c1-4-25-18-9-10-20(22-15-18)19(21(23)26-5-2)14-16-7-6-8-17(13-16)27-12-11-24-3/h6-10,13-15H,4-5,11-12H2,1-3H3. The number of esters is 1. The summed E-state index contributed by atoms with van der Waals surface area (Å²) < 4.78 is 21.2. The van der Waals surface area contributed by atoms with E-state index in [9.17, 15) is 4.79 Å². The molecule has 0 aliphatic heterocycles. The molecule has 0 N–H and O–H groups in total. The van der Waals surface area contributed by atoms with Gasteiger partial charge in [0.1, 0.15) is 18.1 Å². The van der Waals surface area contributed by atoms with Crippen molar-refractivity contribution >= 4 is 17.6 Å². The van der Waals surface area contributed by atoms with Gasteiger partial charge >= 0.3 is 5.97 Å². The Hall–Kier alpha value is -2.86. The topological polar surface area (TPSA) is 66.9 Å². The van der Waals surface area contributed by atoms with Crippen LogP contribution in [0.25, 0.3) is 11.6 Å². The molecule has 0 spiro atoms. The number of rotatable bonds is 10. The molecule has 1 aromatic heterocycles. The minimum Gasteiger partial charge on any atom is -0.492 e. The average Bonchev–Trinajstić information content (AvgIpc) is 2.68. The zero-order valence-corrected chi connectivity index (χ0v) is 15.9. The Morgan fingerprint density at radius 2 is 1.89 bits per heavy atom. The number of ether oxygens (including phenoxy) is 4. The van der Waals surface area contributed by atoms with Crippen LogP contribution in [0.5, 0.6) is 11.5 Å². The van der Waals surface area contributed by atoms with E-state index in [0.717, 1.165) is 5.56 Å². The minimum absolute atomic E-state index is 0.285. The summed E-state index contributed by atoms with van der Waals surface area (Å²) in [6.07, 6.45) is 3.33. The van der Waals surface area contributed by atoms with Crippen molar-refractivity contribution in [3.63, 3.8) is 0 Å². The number of nitrogens with zero attached hydrogens (tertiary/aromatic N) is 1. The normalized spacial score (nSPS) is 11.1. The number of benzene rings is 1. The van der Waals surface area contributed by atoms with Gasteiger partial charge < -0.3 is 18.9 Å². The zero-order chi connectivity index (χ0) is 19.5. The van der Waals surface area contributed by atoms with E-state index in [1.165, 1.54) is 0 Å². The van der Waals surface area contributed by atoms with Crippen molar-refractivity contribution in [3.8, 4) is 11.5 Å². The lowest BCUT2D eigenvalue weighted by atomic mass is 10.1. The van der Waals surface area contributed by atoms with Gasteiger partial charge in [-0.2, -0.15) is 0 Å². The van der Waals surface area contributed by atoms with Gasteiger partial charge in [0, 0.05) is 7.11 Å². The van der Waals surface area contributed by atoms with Crippen LogP contribution in [0, 0.1) is 0 Å². The summed E-state index contributed by atoms with van der Waals surface area (Å²) in [4.78, 5) is 16.8. The van der Waals surface area contributed by atoms with E-state index in [1.807, 2.05) is 31.2 Å². The third-order valence-electron chi connectivity index (χ3n) is 3.54. The van der Waals surface area contributed by atoms with Crippen LogP contribution in [0.2, 0.25) is 0 Å². The lowest BCUT2D eigenvalue weighted by Crippen LogP contribution is -2.08. The molecule has 0 saturated carbocycles. The average molecular weight is 371 g/mol. The predicted molar refractivity (Wildman–Crippen MR) is 104 cm³/mol. The van der Waals surface area contributed by atoms with Gasteiger partial charge in [-0.25, -0.2) is 4.79 Å². The highest BCUT2D eigenvalue weighted by Crippen LogP contribution is 2.22. The van der Waals surface area contributed by atoms with Crippen LogP contribution < -0.4 is 9.47 Å². The van der Waals surface area contributed by atoms with Gasteiger partial charge in [0.05, 0.1) is 37.3 Å². The van der Waals surface area contributed by atoms with Crippen LogP contribution in [-0.2, 0) is 14.3 Å². The van der Waals surface area contributed by atoms with Crippen molar-refractivity contribution in [1.82, 2.24) is 4.98 Å². The molecule has 0 aliphatic rings. The van der Waals surface area contributed by atoms with Crippen molar-refractivity contribution < 1.29 is 23.7 Å². The van der Waals surface area contributed by atoms with Crippen LogP contribution in [0.1, 0.15) is 25.1 Å². The third kappa shape index (κ3) is 6.42. The van der Waals surface area contributed by atoms with Crippen molar-refractivity contribution in [1.29, 1.82) is 0 Å². The Labute approximate surface area is 159 Å². The van der Waals surface area contributed by atoms with E-state index >= 15 is 0 Å². The fourth-order valence-electron chi connectivity index (χ4n) is 2.34. The first-order chi connectivity index (χ1) is 13.2. The lowest BCUT2D eigenvalue weighted by molar-refractivity contribution is -0.136. The highest BCUT2D eigenvalue weighted by molar-refractivity contribution is 6.21. The highest BCUT2D eigenvalue weighted by atomic mass is 16.5. The van der Waals surface area contributed by atoms with Gasteiger partial charge in [-0.3, -0.25) is 4.98 Å². The first-order valence-corrected chi connectivity index (χ1v) is 8.87. The van der Waals surface area contributed by atoms with Crippen molar-refractivity contribution in [2.45, 2.75) is 13.8 Å². The first-order valence-electron chi connectivity index (χ1n) is 8.87. The van der Waals surface area contributed by atoms with Crippen LogP contribution in [0.4, 0.5) is 0 Å². The highest BCUT2D eigenvalue weighted by Gasteiger charge is 2.15. The zero-order valence-electron chi connectivity index (χ0n) is 15.9. The summed E-state index contributed by atoms with van der Waals surface area (Å²) in [7, 11) is 1.62. The second-order valence-corrected chi connectivity index (χ2v) is 5.50. The molecule has 27 heavy (non-hydrogen) atoms. The summed E-state index contributed by atoms with van der Waals surface area (Å²) in [6.45, 7) is 5.47. The van der Waals surface area contributed by atoms with E-state index < -0.39 is 5.97 Å². The Kier molecular flexibility index (Phi) is 8.32. The molecule has 6 nitrogen and oxygen atoms in total. The molecular formula is C21H25NO5. The fraction of sp³-hybridized carbons (Fsp3) is 0.333. The van der Waals surface area contributed by atoms with Gasteiger partial charge in [-0.05, 0) is 49.8 Å². The molecule has 0 radical (unpaired) electrons. The molecule has 0 bridgehead atoms. The van der Waals surface area contributed by atoms with Gasteiger partial charge in [-0.15, -0.1) is 0 Å². The monoisotopic (exact) mass is 371 g/mol. The molecule has 2 rings (SSSR count). The van der Waals surface area contributed by atoms with Crippen LogP contribution >= 0.6 is 0 Å². The number of carbonyl (C=O) groups excluding carboxylic acids is 1. The molecule has 1 heterocycles. The summed E-state index contributed by atoms with van der Waals surface area (Å²) in [5.74, 6) is 0.918. The van der Waals surface area contributed by atoms with Crippen LogP contribution in [-0.4, -0.2) is 44.5 Å². The van der Waals surface area contributed by atoms with Gasteiger partial charge in [-0.1, -0.05) is 12.1 Å². The van der Waals surface area contributed by atoms with E-state index in [0.29, 0.717) is 42.6 Å². The molecule has 0 amide bonds. The molecule has 6 heteroatoms. The molecular weight excluding hydrogens is 346 g/mol. The molecule has 1 aromatic carbocycles. The first kappa shape index (κ1) is 20.5. The molecule has 2 aromatic rings. The maximum Gasteiger partial charge on any atom is 0.340 e. The number of pyridine rings is 1. The van der Waals surface area contributed by atoms with E-state index in [2.05, 4.69) is 4.98 Å². The second-order valence-electron chi connectivity index (χ2n) is 5.50. The Morgan fingerprint density at radius 1 is 1.04 bits per heavy atom. The quantitative estimate of drug-likeness (QED) is 0.361. The Balaban J connectivity index is 2.30. The maximum absolute atomic E-state index is 12.4. The lowest BCUT2D eigenvalue weighted by Gasteiger charge is -2.09. The molecule has 144 valence electrons. The largest absolute Gasteiger partial charge is 0.492 e. The Morgan fingerprint density at radius 3 is 2.56 bits per heavy atom. The molecule has 0 fully saturated rings. The van der Waals surface area contributed by atoms with E-state index in [1.54, 1.807) is 38.4 Å². The smallest absolute Gasteiger partial charge is 0.340 e. The molecule has 0 aliphatic carbocycles. The fourth-order valence-corrected chi connectivity index (χ4v) is 2.34. The number of hydrogen-bond donors (Lipinski definition) is 0. The third-order valence-corrected chi connectivity index (χ3v) is 3.54. The van der Waals surface area contributed by atoms with Crippen LogP contribution in [0.15, 0.2) is 42.6 Å². The minimum atomic E-state index is -0.431. The maximum atomic E-state index is 12.4. The van der Waals surface area contributed by atoms with Gasteiger partial charge in [0.2, 0.25) is 0 Å². The van der Waals surface area contributed by atoms with Crippen molar-refractivity contribution in [2.24, 2.45) is 0 Å². The number of methoxy groups -OCH3 is 1. The summed E-state index contributed by atoms with van der Waals surface area (Å²) in [6, 6.07) is 11.0. The van der Waals surface area contributed by atoms with E-state index in [-0.39, 0.29) is 6.61 Å². The molecule has 0 saturated heterocycles. The summed E-state index contributed by atoms with van der Waals surface area (Å²) >= 11 is 0. The van der Waals surface area contributed by atoms with Crippen LogP contribution in [0.3, 0.4) is 0 Å². The molecule has 0 unspecified atom stereocenters. The SMILES string of the molecule is CCOC(=O)C(=Cc1cccc(OCCOC)c1)c1ccc(OCC)cn1. The molecule has 0 atom stereocenters. The predicted octanol–water partition coefficient (Wildman–Crippen LogP) is 3.61. The Bertz CT molecular complexity index is 755. The number of aromatic nitrogens is 1. The van der Waals surface area contributed by atoms with Crippen molar-refractivity contribution in [2.75, 3.05) is 33.5 Å². The van der Waals surface area contributed by atoms with Crippen molar-refractivity contribution in [3.05, 3.63) is 53.9 Å². The number of hydrogen-bond acceptors (Lipinski definition) is 6. The summed E-state index contributed by atoms with van der Waals surface area (Å²) in [5.41, 5.74) is 1.69.